The van der Waals surface area contributed by atoms with Crippen molar-refractivity contribution in [3.63, 3.8) is 0 Å². The zero-order chi connectivity index (χ0) is 14.8. The van der Waals surface area contributed by atoms with Gasteiger partial charge in [-0.25, -0.2) is 0 Å². The van der Waals surface area contributed by atoms with Crippen molar-refractivity contribution in [2.75, 3.05) is 5.73 Å². The van der Waals surface area contributed by atoms with E-state index in [2.05, 4.69) is 74.5 Å². The van der Waals surface area contributed by atoms with Gasteiger partial charge < -0.3 is 5.73 Å². The van der Waals surface area contributed by atoms with Gasteiger partial charge in [0.25, 0.3) is 0 Å². The Bertz CT molecular complexity index is 733. The fraction of sp³-hybridized carbons (Fsp3) is 0.100. The molecule has 0 unspecified atom stereocenters. The molecule has 3 rings (SSSR count). The Balaban J connectivity index is 1.98. The molecular weight excluding hydrogens is 254 g/mol. The lowest BCUT2D eigenvalue weighted by molar-refractivity contribution is 1.39. The van der Waals surface area contributed by atoms with Gasteiger partial charge in [0.15, 0.2) is 0 Å². The first-order valence-electron chi connectivity index (χ1n) is 7.18. The van der Waals surface area contributed by atoms with E-state index in [1.54, 1.807) is 0 Å². The standard InChI is InChI=1S/C20H19N/c1-14-12-19(13-15(2)20(14)21)18-10-8-17(9-11-18)16-6-4-3-5-7-16/h3-13H,21H2,1-2H3. The molecule has 0 aliphatic carbocycles. The van der Waals surface area contributed by atoms with Gasteiger partial charge in [-0.05, 0) is 59.4 Å². The van der Waals surface area contributed by atoms with Crippen LogP contribution in [0, 0.1) is 13.8 Å². The predicted octanol–water partition coefficient (Wildman–Crippen LogP) is 5.22. The molecule has 0 saturated heterocycles. The van der Waals surface area contributed by atoms with Crippen molar-refractivity contribution in [3.8, 4) is 22.3 Å². The first-order chi connectivity index (χ1) is 10.1. The minimum Gasteiger partial charge on any atom is -0.398 e. The number of nitrogens with two attached hydrogens (primary N) is 1. The van der Waals surface area contributed by atoms with E-state index in [1.165, 1.54) is 22.3 Å². The van der Waals surface area contributed by atoms with E-state index in [1.807, 2.05) is 6.07 Å². The summed E-state index contributed by atoms with van der Waals surface area (Å²) in [6.07, 6.45) is 0. The van der Waals surface area contributed by atoms with Crippen LogP contribution in [0.2, 0.25) is 0 Å². The summed E-state index contributed by atoms with van der Waals surface area (Å²) in [5.74, 6) is 0. The molecule has 0 saturated carbocycles. The van der Waals surface area contributed by atoms with Crippen LogP contribution in [0.3, 0.4) is 0 Å². The lowest BCUT2D eigenvalue weighted by Crippen LogP contribution is -1.94. The van der Waals surface area contributed by atoms with Gasteiger partial charge in [-0.2, -0.15) is 0 Å². The SMILES string of the molecule is Cc1cc(-c2ccc(-c3ccccc3)cc2)cc(C)c1N. The van der Waals surface area contributed by atoms with E-state index < -0.39 is 0 Å². The normalized spacial score (nSPS) is 10.6. The molecular formula is C20H19N. The Morgan fingerprint density at radius 3 is 1.52 bits per heavy atom. The molecule has 0 bridgehead atoms. The molecule has 1 nitrogen and oxygen atoms in total. The van der Waals surface area contributed by atoms with Gasteiger partial charge in [0.2, 0.25) is 0 Å². The van der Waals surface area contributed by atoms with Gasteiger partial charge in [-0.15, -0.1) is 0 Å². The molecule has 0 atom stereocenters. The van der Waals surface area contributed by atoms with Crippen LogP contribution in [0.15, 0.2) is 66.7 Å². The molecule has 0 aliphatic heterocycles. The first-order valence-corrected chi connectivity index (χ1v) is 7.18. The molecule has 2 N–H and O–H groups in total. The number of hydrogen-bond acceptors (Lipinski definition) is 1. The molecule has 104 valence electrons. The fourth-order valence-electron chi connectivity index (χ4n) is 2.63. The summed E-state index contributed by atoms with van der Waals surface area (Å²) in [5.41, 5.74) is 14.1. The summed E-state index contributed by atoms with van der Waals surface area (Å²) in [6.45, 7) is 4.12. The van der Waals surface area contributed by atoms with E-state index in [-0.39, 0.29) is 0 Å². The van der Waals surface area contributed by atoms with Crippen LogP contribution in [-0.4, -0.2) is 0 Å². The molecule has 21 heavy (non-hydrogen) atoms. The van der Waals surface area contributed by atoms with Crippen molar-refractivity contribution in [1.29, 1.82) is 0 Å². The summed E-state index contributed by atoms with van der Waals surface area (Å²) < 4.78 is 0. The zero-order valence-corrected chi connectivity index (χ0v) is 12.4. The fourth-order valence-corrected chi connectivity index (χ4v) is 2.63. The molecule has 3 aromatic rings. The zero-order valence-electron chi connectivity index (χ0n) is 12.4. The van der Waals surface area contributed by atoms with Gasteiger partial charge in [0, 0.05) is 5.69 Å². The van der Waals surface area contributed by atoms with Gasteiger partial charge in [0.1, 0.15) is 0 Å². The average molecular weight is 273 g/mol. The van der Waals surface area contributed by atoms with Crippen LogP contribution in [0.5, 0.6) is 0 Å². The average Bonchev–Trinajstić information content (AvgIpc) is 2.53. The highest BCUT2D eigenvalue weighted by atomic mass is 14.6. The topological polar surface area (TPSA) is 26.0 Å². The molecule has 3 aromatic carbocycles. The van der Waals surface area contributed by atoms with Crippen molar-refractivity contribution >= 4 is 5.69 Å². The molecule has 0 aliphatic rings. The third-order valence-electron chi connectivity index (χ3n) is 3.92. The number of benzene rings is 3. The highest BCUT2D eigenvalue weighted by Crippen LogP contribution is 2.28. The number of anilines is 1. The molecule has 1 heteroatoms. The predicted molar refractivity (Wildman–Crippen MR) is 91.2 cm³/mol. The van der Waals surface area contributed by atoms with Crippen molar-refractivity contribution in [3.05, 3.63) is 77.9 Å². The maximum atomic E-state index is 6.03. The Labute approximate surface area is 126 Å². The second-order valence-corrected chi connectivity index (χ2v) is 5.47. The van der Waals surface area contributed by atoms with Crippen molar-refractivity contribution in [2.45, 2.75) is 13.8 Å². The second-order valence-electron chi connectivity index (χ2n) is 5.47. The molecule has 0 radical (unpaired) electrons. The first kappa shape index (κ1) is 13.4. The third kappa shape index (κ3) is 2.68. The van der Waals surface area contributed by atoms with E-state index in [4.69, 9.17) is 5.73 Å². The quantitative estimate of drug-likeness (QED) is 0.636. The summed E-state index contributed by atoms with van der Waals surface area (Å²) >= 11 is 0. The minimum absolute atomic E-state index is 0.889. The number of rotatable bonds is 2. The van der Waals surface area contributed by atoms with E-state index >= 15 is 0 Å². The Kier molecular flexibility index (Phi) is 3.49. The van der Waals surface area contributed by atoms with Crippen LogP contribution >= 0.6 is 0 Å². The summed E-state index contributed by atoms with van der Waals surface area (Å²) in [5, 5.41) is 0. The largest absolute Gasteiger partial charge is 0.398 e. The third-order valence-corrected chi connectivity index (χ3v) is 3.92. The van der Waals surface area contributed by atoms with Gasteiger partial charge in [-0.3, -0.25) is 0 Å². The minimum atomic E-state index is 0.889. The van der Waals surface area contributed by atoms with Crippen molar-refractivity contribution < 1.29 is 0 Å². The lowest BCUT2D eigenvalue weighted by atomic mass is 9.97. The van der Waals surface area contributed by atoms with E-state index in [9.17, 15) is 0 Å². The number of aryl methyl sites for hydroxylation is 2. The van der Waals surface area contributed by atoms with E-state index in [0.29, 0.717) is 0 Å². The van der Waals surface area contributed by atoms with Crippen molar-refractivity contribution in [1.82, 2.24) is 0 Å². The van der Waals surface area contributed by atoms with Crippen LogP contribution in [-0.2, 0) is 0 Å². The van der Waals surface area contributed by atoms with Gasteiger partial charge in [-0.1, -0.05) is 54.6 Å². The Morgan fingerprint density at radius 2 is 1.00 bits per heavy atom. The molecule has 0 heterocycles. The lowest BCUT2D eigenvalue weighted by Gasteiger charge is -2.10. The van der Waals surface area contributed by atoms with Crippen LogP contribution in [0.1, 0.15) is 11.1 Å². The Hall–Kier alpha value is -2.54. The van der Waals surface area contributed by atoms with Gasteiger partial charge in [0.05, 0.1) is 0 Å². The molecule has 0 amide bonds. The molecule has 0 spiro atoms. The summed E-state index contributed by atoms with van der Waals surface area (Å²) in [6, 6.07) is 23.4. The maximum absolute atomic E-state index is 6.03. The van der Waals surface area contributed by atoms with E-state index in [0.717, 1.165) is 16.8 Å². The summed E-state index contributed by atoms with van der Waals surface area (Å²) in [7, 11) is 0. The maximum Gasteiger partial charge on any atom is 0.0373 e. The second kappa shape index (κ2) is 5.45. The molecule has 0 aromatic heterocycles. The Morgan fingerprint density at radius 1 is 0.571 bits per heavy atom. The number of nitrogen functional groups attached to an aromatic ring is 1. The molecule has 0 fully saturated rings. The highest BCUT2D eigenvalue weighted by molar-refractivity contribution is 5.73. The van der Waals surface area contributed by atoms with Crippen molar-refractivity contribution in [2.24, 2.45) is 0 Å². The smallest absolute Gasteiger partial charge is 0.0373 e. The van der Waals surface area contributed by atoms with Crippen LogP contribution in [0.4, 0.5) is 5.69 Å². The number of hydrogen-bond donors (Lipinski definition) is 1. The monoisotopic (exact) mass is 273 g/mol. The highest BCUT2D eigenvalue weighted by Gasteiger charge is 2.04. The summed E-state index contributed by atoms with van der Waals surface area (Å²) in [4.78, 5) is 0. The van der Waals surface area contributed by atoms with Crippen LogP contribution in [0.25, 0.3) is 22.3 Å². The van der Waals surface area contributed by atoms with Gasteiger partial charge >= 0.3 is 0 Å². The van der Waals surface area contributed by atoms with Crippen LogP contribution < -0.4 is 5.73 Å².